The molecule has 2 N–H and O–H groups in total. The van der Waals surface area contributed by atoms with Crippen molar-refractivity contribution in [1.29, 1.82) is 0 Å². The first-order chi connectivity index (χ1) is 10.6. The van der Waals surface area contributed by atoms with Crippen LogP contribution in [0.25, 0.3) is 0 Å². The van der Waals surface area contributed by atoms with Crippen LogP contribution in [0.2, 0.25) is 0 Å². The minimum absolute atomic E-state index is 0. The van der Waals surface area contributed by atoms with Crippen molar-refractivity contribution in [3.8, 4) is 0 Å². The third kappa shape index (κ3) is 8.01. The molecule has 0 aromatic heterocycles. The highest BCUT2D eigenvalue weighted by molar-refractivity contribution is 14.0. The largest absolute Gasteiger partial charge is 0.357 e. The van der Waals surface area contributed by atoms with E-state index in [2.05, 4.69) is 74.4 Å². The molecule has 1 aromatic carbocycles. The Morgan fingerprint density at radius 2 is 1.78 bits per heavy atom. The molecule has 1 atom stereocenters. The summed E-state index contributed by atoms with van der Waals surface area (Å²) in [5, 5.41) is 6.78. The van der Waals surface area contributed by atoms with Crippen molar-refractivity contribution in [2.75, 3.05) is 26.2 Å². The second-order valence-electron chi connectivity index (χ2n) is 5.57. The fourth-order valence-corrected chi connectivity index (χ4v) is 2.51. The van der Waals surface area contributed by atoms with Gasteiger partial charge >= 0.3 is 0 Å². The highest BCUT2D eigenvalue weighted by Gasteiger charge is 2.10. The zero-order chi connectivity index (χ0) is 16.4. The number of rotatable bonds is 8. The van der Waals surface area contributed by atoms with Gasteiger partial charge in [0.1, 0.15) is 0 Å². The molecule has 0 bridgehead atoms. The second kappa shape index (κ2) is 12.6. The van der Waals surface area contributed by atoms with Crippen molar-refractivity contribution in [3.05, 3.63) is 35.4 Å². The molecular formula is C18H33IN4. The average Bonchev–Trinajstić information content (AvgIpc) is 2.52. The lowest BCUT2D eigenvalue weighted by Gasteiger charge is -2.27. The molecule has 0 saturated carbocycles. The monoisotopic (exact) mass is 432 g/mol. The third-order valence-corrected chi connectivity index (χ3v) is 4.01. The van der Waals surface area contributed by atoms with Gasteiger partial charge in [0.25, 0.3) is 0 Å². The van der Waals surface area contributed by atoms with E-state index in [1.807, 2.05) is 0 Å². The molecule has 0 heterocycles. The first-order valence-corrected chi connectivity index (χ1v) is 8.43. The fourth-order valence-electron chi connectivity index (χ4n) is 2.51. The van der Waals surface area contributed by atoms with Crippen LogP contribution in [0.1, 0.15) is 38.8 Å². The highest BCUT2D eigenvalue weighted by atomic mass is 127. The maximum absolute atomic E-state index is 4.70. The molecule has 0 saturated heterocycles. The standard InChI is InChI=1S/C18H32N4.HI/c1-6-19-18(20-13-16(5)22(7-2)8-3)21-14-17-12-10-9-11-15(17)4;/h9-12,16H,6-8,13-14H2,1-5H3,(H2,19,20,21);1H. The molecule has 5 heteroatoms. The van der Waals surface area contributed by atoms with Crippen molar-refractivity contribution in [2.45, 2.75) is 47.2 Å². The Labute approximate surface area is 159 Å². The number of aryl methyl sites for hydroxylation is 1. The van der Waals surface area contributed by atoms with Crippen LogP contribution in [-0.2, 0) is 6.54 Å². The van der Waals surface area contributed by atoms with Crippen LogP contribution in [0.15, 0.2) is 29.3 Å². The maximum atomic E-state index is 4.70. The summed E-state index contributed by atoms with van der Waals surface area (Å²) < 4.78 is 0. The van der Waals surface area contributed by atoms with Gasteiger partial charge in [0, 0.05) is 19.1 Å². The minimum Gasteiger partial charge on any atom is -0.357 e. The normalized spacial score (nSPS) is 12.7. The van der Waals surface area contributed by atoms with Crippen LogP contribution in [-0.4, -0.2) is 43.1 Å². The lowest BCUT2D eigenvalue weighted by atomic mass is 10.1. The molecule has 0 aliphatic rings. The summed E-state index contributed by atoms with van der Waals surface area (Å²) in [6.07, 6.45) is 0. The van der Waals surface area contributed by atoms with E-state index >= 15 is 0 Å². The smallest absolute Gasteiger partial charge is 0.191 e. The Balaban J connectivity index is 0.00000484. The first kappa shape index (κ1) is 22.2. The number of hydrogen-bond acceptors (Lipinski definition) is 2. The zero-order valence-corrected chi connectivity index (χ0v) is 17.6. The van der Waals surface area contributed by atoms with Crippen molar-refractivity contribution in [3.63, 3.8) is 0 Å². The van der Waals surface area contributed by atoms with Crippen LogP contribution in [0, 0.1) is 6.92 Å². The number of nitrogens with zero attached hydrogens (tertiary/aromatic N) is 2. The Bertz CT molecular complexity index is 458. The summed E-state index contributed by atoms with van der Waals surface area (Å²) >= 11 is 0. The molecule has 1 aromatic rings. The Hall–Kier alpha value is -0.820. The topological polar surface area (TPSA) is 39.7 Å². The van der Waals surface area contributed by atoms with E-state index in [4.69, 9.17) is 4.99 Å². The summed E-state index contributed by atoms with van der Waals surface area (Å²) in [5.41, 5.74) is 2.56. The number of benzene rings is 1. The molecular weight excluding hydrogens is 399 g/mol. The van der Waals surface area contributed by atoms with Crippen molar-refractivity contribution >= 4 is 29.9 Å². The summed E-state index contributed by atoms with van der Waals surface area (Å²) in [5.74, 6) is 0.893. The molecule has 1 unspecified atom stereocenters. The van der Waals surface area contributed by atoms with Crippen LogP contribution >= 0.6 is 24.0 Å². The molecule has 0 radical (unpaired) electrons. The van der Waals surface area contributed by atoms with Crippen molar-refractivity contribution < 1.29 is 0 Å². The highest BCUT2D eigenvalue weighted by Crippen LogP contribution is 2.07. The molecule has 0 fully saturated rings. The third-order valence-electron chi connectivity index (χ3n) is 4.01. The fraction of sp³-hybridized carbons (Fsp3) is 0.611. The summed E-state index contributed by atoms with van der Waals surface area (Å²) in [6, 6.07) is 8.91. The van der Waals surface area contributed by atoms with E-state index in [-0.39, 0.29) is 24.0 Å². The molecule has 0 spiro atoms. The van der Waals surface area contributed by atoms with Gasteiger partial charge in [0.05, 0.1) is 6.54 Å². The number of guanidine groups is 1. The van der Waals surface area contributed by atoms with E-state index in [0.29, 0.717) is 12.6 Å². The van der Waals surface area contributed by atoms with E-state index in [1.54, 1.807) is 0 Å². The molecule has 0 aliphatic heterocycles. The van der Waals surface area contributed by atoms with Gasteiger partial charge in [0.2, 0.25) is 0 Å². The number of halogens is 1. The Morgan fingerprint density at radius 3 is 2.35 bits per heavy atom. The second-order valence-corrected chi connectivity index (χ2v) is 5.57. The lowest BCUT2D eigenvalue weighted by molar-refractivity contribution is 0.231. The number of nitrogens with one attached hydrogen (secondary N) is 2. The number of hydrogen-bond donors (Lipinski definition) is 2. The number of likely N-dealkylation sites (N-methyl/N-ethyl adjacent to an activating group) is 1. The summed E-state index contributed by atoms with van der Waals surface area (Å²) in [6.45, 7) is 15.5. The van der Waals surface area contributed by atoms with Crippen LogP contribution < -0.4 is 10.6 Å². The lowest BCUT2D eigenvalue weighted by Crippen LogP contribution is -2.46. The summed E-state index contributed by atoms with van der Waals surface area (Å²) in [7, 11) is 0. The van der Waals surface area contributed by atoms with Gasteiger partial charge < -0.3 is 10.6 Å². The van der Waals surface area contributed by atoms with E-state index in [1.165, 1.54) is 11.1 Å². The Morgan fingerprint density at radius 1 is 1.13 bits per heavy atom. The van der Waals surface area contributed by atoms with Gasteiger partial charge in [-0.25, -0.2) is 4.99 Å². The van der Waals surface area contributed by atoms with E-state index in [9.17, 15) is 0 Å². The predicted octanol–water partition coefficient (Wildman–Crippen LogP) is 3.40. The van der Waals surface area contributed by atoms with Gasteiger partial charge in [-0.3, -0.25) is 4.90 Å². The van der Waals surface area contributed by atoms with E-state index < -0.39 is 0 Å². The maximum Gasteiger partial charge on any atom is 0.191 e. The molecule has 1 rings (SSSR count). The van der Waals surface area contributed by atoms with Gasteiger partial charge in [-0.1, -0.05) is 38.1 Å². The zero-order valence-electron chi connectivity index (χ0n) is 15.2. The first-order valence-electron chi connectivity index (χ1n) is 8.43. The molecule has 132 valence electrons. The van der Waals surface area contributed by atoms with Crippen molar-refractivity contribution in [1.82, 2.24) is 15.5 Å². The average molecular weight is 432 g/mol. The van der Waals surface area contributed by atoms with Crippen LogP contribution in [0.4, 0.5) is 0 Å². The minimum atomic E-state index is 0. The van der Waals surface area contributed by atoms with Crippen LogP contribution in [0.3, 0.4) is 0 Å². The van der Waals surface area contributed by atoms with Gasteiger partial charge in [-0.15, -0.1) is 24.0 Å². The van der Waals surface area contributed by atoms with Crippen molar-refractivity contribution in [2.24, 2.45) is 4.99 Å². The molecule has 0 aliphatic carbocycles. The molecule has 4 nitrogen and oxygen atoms in total. The quantitative estimate of drug-likeness (QED) is 0.376. The molecule has 0 amide bonds. The van der Waals surface area contributed by atoms with Crippen LogP contribution in [0.5, 0.6) is 0 Å². The van der Waals surface area contributed by atoms with E-state index in [0.717, 1.165) is 32.1 Å². The molecule has 23 heavy (non-hydrogen) atoms. The Kier molecular flexibility index (Phi) is 12.1. The predicted molar refractivity (Wildman–Crippen MR) is 112 cm³/mol. The van der Waals surface area contributed by atoms with Gasteiger partial charge in [-0.05, 0) is 45.0 Å². The summed E-state index contributed by atoms with van der Waals surface area (Å²) in [4.78, 5) is 7.15. The van der Waals surface area contributed by atoms with Gasteiger partial charge in [-0.2, -0.15) is 0 Å². The number of aliphatic imine (C=N–C) groups is 1. The van der Waals surface area contributed by atoms with Gasteiger partial charge in [0.15, 0.2) is 5.96 Å². The SMILES string of the molecule is CCNC(=NCc1ccccc1C)NCC(C)N(CC)CC.I.